The summed E-state index contributed by atoms with van der Waals surface area (Å²) < 4.78 is 19.4. The predicted molar refractivity (Wildman–Crippen MR) is 112 cm³/mol. The van der Waals surface area contributed by atoms with Crippen LogP contribution >= 0.6 is 0 Å². The molecule has 5 heteroatoms. The van der Waals surface area contributed by atoms with Crippen molar-refractivity contribution in [1.82, 2.24) is 5.32 Å². The number of hydrogen-bond acceptors (Lipinski definition) is 3. The quantitative estimate of drug-likeness (QED) is 0.693. The van der Waals surface area contributed by atoms with Gasteiger partial charge < -0.3 is 15.8 Å². The highest BCUT2D eigenvalue weighted by Crippen LogP contribution is 2.36. The summed E-state index contributed by atoms with van der Waals surface area (Å²) >= 11 is 0. The van der Waals surface area contributed by atoms with E-state index in [-0.39, 0.29) is 24.3 Å². The number of carbonyl (C=O) groups is 1. The molecule has 0 spiro atoms. The van der Waals surface area contributed by atoms with Gasteiger partial charge in [-0.15, -0.1) is 0 Å². The third-order valence-electron chi connectivity index (χ3n) is 5.88. The van der Waals surface area contributed by atoms with Crippen LogP contribution in [0.25, 0.3) is 10.8 Å². The molecule has 0 saturated carbocycles. The van der Waals surface area contributed by atoms with Crippen molar-refractivity contribution in [2.24, 2.45) is 5.73 Å². The standard InChI is InChI=1S/C24H25FN2O2/c25-21-7-3-6-20(15-21)24(10-12-29-13-11-24)23(28)27-22(16-26)19-9-8-17-4-1-2-5-18(17)14-19/h1-9,14-15,22H,10-13,16,26H2,(H,27,28). The van der Waals surface area contributed by atoms with E-state index in [0.29, 0.717) is 31.6 Å². The van der Waals surface area contributed by atoms with Crippen molar-refractivity contribution in [1.29, 1.82) is 0 Å². The van der Waals surface area contributed by atoms with Gasteiger partial charge in [-0.05, 0) is 52.9 Å². The molecule has 3 N–H and O–H groups in total. The van der Waals surface area contributed by atoms with Crippen molar-refractivity contribution < 1.29 is 13.9 Å². The van der Waals surface area contributed by atoms with E-state index < -0.39 is 5.41 Å². The summed E-state index contributed by atoms with van der Waals surface area (Å²) in [6.07, 6.45) is 1.02. The molecule has 1 fully saturated rings. The molecule has 1 unspecified atom stereocenters. The summed E-state index contributed by atoms with van der Waals surface area (Å²) in [5.41, 5.74) is 6.87. The number of carbonyl (C=O) groups excluding carboxylic acids is 1. The number of rotatable bonds is 5. The van der Waals surface area contributed by atoms with Crippen LogP contribution in [0.3, 0.4) is 0 Å². The van der Waals surface area contributed by atoms with Gasteiger partial charge in [0, 0.05) is 19.8 Å². The predicted octanol–water partition coefficient (Wildman–Crippen LogP) is 3.84. The Hall–Kier alpha value is -2.76. The highest BCUT2D eigenvalue weighted by atomic mass is 19.1. The van der Waals surface area contributed by atoms with Crippen LogP contribution in [0.15, 0.2) is 66.7 Å². The van der Waals surface area contributed by atoms with Crippen molar-refractivity contribution in [2.45, 2.75) is 24.3 Å². The first-order valence-corrected chi connectivity index (χ1v) is 9.96. The Kier molecular flexibility index (Phi) is 5.60. The molecule has 0 aliphatic carbocycles. The van der Waals surface area contributed by atoms with Gasteiger partial charge in [-0.2, -0.15) is 0 Å². The fourth-order valence-corrected chi connectivity index (χ4v) is 4.15. The van der Waals surface area contributed by atoms with Gasteiger partial charge in [-0.3, -0.25) is 4.79 Å². The third-order valence-corrected chi connectivity index (χ3v) is 5.88. The monoisotopic (exact) mass is 392 g/mol. The SMILES string of the molecule is NCC(NC(=O)C1(c2cccc(F)c2)CCOCC1)c1ccc2ccccc2c1. The van der Waals surface area contributed by atoms with Gasteiger partial charge in [-0.25, -0.2) is 4.39 Å². The molecule has 0 radical (unpaired) electrons. The maximum Gasteiger partial charge on any atom is 0.231 e. The molecule has 1 saturated heterocycles. The van der Waals surface area contributed by atoms with E-state index in [2.05, 4.69) is 17.4 Å². The first kappa shape index (κ1) is 19.6. The molecule has 0 aromatic heterocycles. The zero-order valence-corrected chi connectivity index (χ0v) is 16.2. The Bertz CT molecular complexity index is 1010. The smallest absolute Gasteiger partial charge is 0.231 e. The minimum absolute atomic E-state index is 0.130. The van der Waals surface area contributed by atoms with E-state index in [1.165, 1.54) is 12.1 Å². The second-order valence-corrected chi connectivity index (χ2v) is 7.57. The third kappa shape index (κ3) is 3.88. The number of amides is 1. The van der Waals surface area contributed by atoms with E-state index >= 15 is 0 Å². The van der Waals surface area contributed by atoms with E-state index in [0.717, 1.165) is 16.3 Å². The van der Waals surface area contributed by atoms with Gasteiger partial charge in [-0.1, -0.05) is 48.5 Å². The van der Waals surface area contributed by atoms with Gasteiger partial charge in [0.1, 0.15) is 5.82 Å². The Morgan fingerprint density at radius 3 is 2.52 bits per heavy atom. The molecule has 29 heavy (non-hydrogen) atoms. The summed E-state index contributed by atoms with van der Waals surface area (Å²) in [7, 11) is 0. The second-order valence-electron chi connectivity index (χ2n) is 7.57. The Labute approximate surface area is 169 Å². The average Bonchev–Trinajstić information content (AvgIpc) is 2.77. The minimum atomic E-state index is -0.815. The second kappa shape index (κ2) is 8.31. The van der Waals surface area contributed by atoms with E-state index in [1.807, 2.05) is 36.4 Å². The summed E-state index contributed by atoms with van der Waals surface area (Å²) in [5, 5.41) is 5.37. The van der Waals surface area contributed by atoms with E-state index in [9.17, 15) is 9.18 Å². The largest absolute Gasteiger partial charge is 0.381 e. The van der Waals surface area contributed by atoms with Crippen LogP contribution in [0.1, 0.15) is 30.0 Å². The molecule has 1 heterocycles. The summed E-state index contributed by atoms with van der Waals surface area (Å²) in [4.78, 5) is 13.5. The van der Waals surface area contributed by atoms with Crippen LogP contribution in [0, 0.1) is 5.82 Å². The topological polar surface area (TPSA) is 64.3 Å². The molecule has 1 aliphatic rings. The van der Waals surface area contributed by atoms with Gasteiger partial charge in [0.05, 0.1) is 11.5 Å². The minimum Gasteiger partial charge on any atom is -0.381 e. The lowest BCUT2D eigenvalue weighted by molar-refractivity contribution is -0.131. The van der Waals surface area contributed by atoms with Crippen LogP contribution in [0.2, 0.25) is 0 Å². The van der Waals surface area contributed by atoms with Gasteiger partial charge in [0.15, 0.2) is 0 Å². The molecule has 0 bridgehead atoms. The lowest BCUT2D eigenvalue weighted by Crippen LogP contribution is -2.50. The Morgan fingerprint density at radius 2 is 1.79 bits per heavy atom. The fourth-order valence-electron chi connectivity index (χ4n) is 4.15. The Morgan fingerprint density at radius 1 is 1.03 bits per heavy atom. The normalized spacial score (nSPS) is 17.0. The zero-order chi connectivity index (χ0) is 20.3. The van der Waals surface area contributed by atoms with Gasteiger partial charge in [0.25, 0.3) is 0 Å². The van der Waals surface area contributed by atoms with E-state index in [1.54, 1.807) is 6.07 Å². The molecule has 4 nitrogen and oxygen atoms in total. The van der Waals surface area contributed by atoms with Crippen molar-refractivity contribution in [3.05, 3.63) is 83.7 Å². The van der Waals surface area contributed by atoms with Crippen molar-refractivity contribution in [2.75, 3.05) is 19.8 Å². The molecule has 1 aliphatic heterocycles. The molecule has 3 aromatic rings. The number of halogens is 1. The molecule has 3 aromatic carbocycles. The van der Waals surface area contributed by atoms with E-state index in [4.69, 9.17) is 10.5 Å². The first-order valence-electron chi connectivity index (χ1n) is 9.96. The van der Waals surface area contributed by atoms with Crippen molar-refractivity contribution >= 4 is 16.7 Å². The Balaban J connectivity index is 1.64. The van der Waals surface area contributed by atoms with Crippen molar-refractivity contribution in [3.63, 3.8) is 0 Å². The van der Waals surface area contributed by atoms with Crippen LogP contribution in [0.4, 0.5) is 4.39 Å². The van der Waals surface area contributed by atoms with Crippen LogP contribution in [-0.2, 0) is 14.9 Å². The van der Waals surface area contributed by atoms with Crippen LogP contribution in [-0.4, -0.2) is 25.7 Å². The van der Waals surface area contributed by atoms with Crippen molar-refractivity contribution in [3.8, 4) is 0 Å². The molecule has 4 rings (SSSR count). The molecule has 1 atom stereocenters. The number of benzene rings is 3. The van der Waals surface area contributed by atoms with Crippen LogP contribution < -0.4 is 11.1 Å². The lowest BCUT2D eigenvalue weighted by atomic mass is 9.73. The number of nitrogens with one attached hydrogen (secondary N) is 1. The summed E-state index contributed by atoms with van der Waals surface area (Å²) in [5.74, 6) is -0.471. The maximum atomic E-state index is 13.9. The number of ether oxygens (including phenoxy) is 1. The number of hydrogen-bond donors (Lipinski definition) is 2. The zero-order valence-electron chi connectivity index (χ0n) is 16.2. The van der Waals surface area contributed by atoms with Gasteiger partial charge in [0.2, 0.25) is 5.91 Å². The first-order chi connectivity index (χ1) is 14.1. The average molecular weight is 392 g/mol. The maximum absolute atomic E-state index is 13.9. The number of nitrogens with two attached hydrogens (primary N) is 1. The van der Waals surface area contributed by atoms with Gasteiger partial charge >= 0.3 is 0 Å². The fraction of sp³-hybridized carbons (Fsp3) is 0.292. The summed E-state index contributed by atoms with van der Waals surface area (Å²) in [6.45, 7) is 1.21. The molecule has 1 amide bonds. The highest BCUT2D eigenvalue weighted by molar-refractivity contribution is 5.89. The van der Waals surface area contributed by atoms with Crippen LogP contribution in [0.5, 0.6) is 0 Å². The lowest BCUT2D eigenvalue weighted by Gasteiger charge is -2.37. The molecular formula is C24H25FN2O2. The molecular weight excluding hydrogens is 367 g/mol. The highest BCUT2D eigenvalue weighted by Gasteiger charge is 2.42. The number of fused-ring (bicyclic) bond motifs is 1. The summed E-state index contributed by atoms with van der Waals surface area (Å²) in [6, 6.07) is 20.2. The molecule has 150 valence electrons.